The fourth-order valence-electron chi connectivity index (χ4n) is 5.76. The first-order chi connectivity index (χ1) is 20.6. The number of hydrogen-bond acceptors (Lipinski definition) is 6. The Hall–Kier alpha value is -4.54. The van der Waals surface area contributed by atoms with Gasteiger partial charge >= 0.3 is 0 Å². The molecule has 3 aromatic rings. The molecule has 3 N–H and O–H groups in total. The van der Waals surface area contributed by atoms with Crippen LogP contribution in [0.15, 0.2) is 54.7 Å². The summed E-state index contributed by atoms with van der Waals surface area (Å²) in [5.74, 6) is -1.67. The molecule has 1 saturated heterocycles. The van der Waals surface area contributed by atoms with Gasteiger partial charge in [-0.05, 0) is 36.5 Å². The number of hydrogen-bond donors (Lipinski definition) is 3. The number of carbonyl (C=O) groups is 4. The van der Waals surface area contributed by atoms with E-state index in [2.05, 4.69) is 26.3 Å². The van der Waals surface area contributed by atoms with Gasteiger partial charge in [-0.1, -0.05) is 73.2 Å². The maximum atomic E-state index is 13.8. The second-order valence-electron chi connectivity index (χ2n) is 11.9. The Kier molecular flexibility index (Phi) is 8.89. The number of benzene rings is 2. The molecule has 11 nitrogen and oxygen atoms in total. The van der Waals surface area contributed by atoms with Gasteiger partial charge in [0.2, 0.25) is 23.6 Å². The lowest BCUT2D eigenvalue weighted by Gasteiger charge is -2.29. The number of rotatable bonds is 5. The van der Waals surface area contributed by atoms with Crippen LogP contribution in [0.25, 0.3) is 0 Å². The highest BCUT2D eigenvalue weighted by atomic mass is 16.2. The third-order valence-corrected chi connectivity index (χ3v) is 8.29. The van der Waals surface area contributed by atoms with E-state index in [9.17, 15) is 19.2 Å². The second-order valence-corrected chi connectivity index (χ2v) is 11.9. The van der Waals surface area contributed by atoms with Crippen LogP contribution in [0.1, 0.15) is 54.3 Å². The van der Waals surface area contributed by atoms with Crippen molar-refractivity contribution in [1.29, 1.82) is 0 Å². The van der Waals surface area contributed by atoms with E-state index in [0.717, 1.165) is 22.3 Å². The van der Waals surface area contributed by atoms with Crippen molar-refractivity contribution in [3.05, 3.63) is 82.7 Å². The number of aromatic nitrogens is 3. The largest absolute Gasteiger partial charge is 0.349 e. The van der Waals surface area contributed by atoms with Gasteiger partial charge in [0.1, 0.15) is 23.8 Å². The maximum absolute atomic E-state index is 13.8. The molecule has 0 unspecified atom stereocenters. The summed E-state index contributed by atoms with van der Waals surface area (Å²) in [6, 6.07) is 12.5. The van der Waals surface area contributed by atoms with Crippen LogP contribution >= 0.6 is 0 Å². The molecular weight excluding hydrogens is 546 g/mol. The Balaban J connectivity index is 1.44. The molecule has 43 heavy (non-hydrogen) atoms. The van der Waals surface area contributed by atoms with Crippen molar-refractivity contribution in [2.75, 3.05) is 6.54 Å². The van der Waals surface area contributed by atoms with Crippen LogP contribution in [0.4, 0.5) is 0 Å². The van der Waals surface area contributed by atoms with Crippen LogP contribution in [-0.2, 0) is 38.6 Å². The van der Waals surface area contributed by atoms with E-state index in [1.807, 2.05) is 76.2 Å². The highest BCUT2D eigenvalue weighted by Gasteiger charge is 2.42. The van der Waals surface area contributed by atoms with Crippen LogP contribution in [0, 0.1) is 19.8 Å². The Labute approximate surface area is 251 Å². The van der Waals surface area contributed by atoms with E-state index in [1.54, 1.807) is 15.8 Å². The Morgan fingerprint density at radius 1 is 1.00 bits per heavy atom. The van der Waals surface area contributed by atoms with Crippen molar-refractivity contribution in [3.8, 4) is 0 Å². The molecule has 0 spiro atoms. The number of nitrogens with zero attached hydrogens (tertiary/aromatic N) is 4. The van der Waals surface area contributed by atoms with Crippen LogP contribution < -0.4 is 16.0 Å². The summed E-state index contributed by atoms with van der Waals surface area (Å²) >= 11 is 0. The number of carbonyl (C=O) groups excluding carboxylic acids is 4. The minimum absolute atomic E-state index is 0.121. The number of aryl methyl sites for hydroxylation is 2. The summed E-state index contributed by atoms with van der Waals surface area (Å²) < 4.78 is 1.66. The van der Waals surface area contributed by atoms with Gasteiger partial charge in [0.25, 0.3) is 0 Å². The molecule has 3 heterocycles. The Morgan fingerprint density at radius 2 is 1.77 bits per heavy atom. The SMILES string of the molecule is Cc1ccc(C)c(CC(=O)N2C[C@@H]3C[C@H]2C(=O)N[C@@H](C(C)C)C(=O)N[C@H](Cc2ccccc2)C(=O)NCc2cn3nn2)c1. The quantitative estimate of drug-likeness (QED) is 0.417. The molecule has 4 amide bonds. The van der Waals surface area contributed by atoms with Gasteiger partial charge in [0, 0.05) is 19.4 Å². The number of likely N-dealkylation sites (tertiary alicyclic amines) is 1. The Bertz CT molecular complexity index is 1500. The summed E-state index contributed by atoms with van der Waals surface area (Å²) in [6.07, 6.45) is 2.49. The maximum Gasteiger partial charge on any atom is 0.243 e. The highest BCUT2D eigenvalue weighted by molar-refractivity contribution is 5.95. The second kappa shape index (κ2) is 12.8. The third kappa shape index (κ3) is 6.93. The lowest BCUT2D eigenvalue weighted by atomic mass is 10.00. The minimum Gasteiger partial charge on any atom is -0.349 e. The van der Waals surface area contributed by atoms with Gasteiger partial charge in [-0.25, -0.2) is 4.68 Å². The van der Waals surface area contributed by atoms with E-state index < -0.39 is 29.9 Å². The first-order valence-electron chi connectivity index (χ1n) is 14.8. The molecule has 2 aliphatic rings. The van der Waals surface area contributed by atoms with E-state index in [1.165, 1.54) is 0 Å². The molecule has 0 saturated carbocycles. The number of nitrogens with one attached hydrogen (secondary N) is 3. The lowest BCUT2D eigenvalue weighted by molar-refractivity contribution is -0.139. The van der Waals surface area contributed by atoms with Crippen molar-refractivity contribution in [2.45, 2.75) is 77.7 Å². The first kappa shape index (κ1) is 29.9. The normalized spacial score (nSPS) is 22.8. The molecule has 1 aromatic heterocycles. The lowest BCUT2D eigenvalue weighted by Crippen LogP contribution is -2.58. The van der Waals surface area contributed by atoms with Crippen LogP contribution in [-0.4, -0.2) is 68.2 Å². The molecule has 0 aliphatic carbocycles. The molecule has 226 valence electrons. The van der Waals surface area contributed by atoms with Crippen LogP contribution in [0.3, 0.4) is 0 Å². The Morgan fingerprint density at radius 3 is 2.51 bits per heavy atom. The molecular formula is C32H39N7O4. The summed E-state index contributed by atoms with van der Waals surface area (Å²) in [6.45, 7) is 8.02. The summed E-state index contributed by atoms with van der Waals surface area (Å²) in [5.41, 5.74) is 4.40. The molecule has 2 aliphatic heterocycles. The predicted octanol–water partition coefficient (Wildman–Crippen LogP) is 1.78. The first-order valence-corrected chi connectivity index (χ1v) is 14.8. The van der Waals surface area contributed by atoms with Gasteiger partial charge in [0.15, 0.2) is 0 Å². The summed E-state index contributed by atoms with van der Waals surface area (Å²) in [4.78, 5) is 56.1. The monoisotopic (exact) mass is 585 g/mol. The van der Waals surface area contributed by atoms with Gasteiger partial charge in [-0.15, -0.1) is 5.10 Å². The predicted molar refractivity (Wildman–Crippen MR) is 159 cm³/mol. The van der Waals surface area contributed by atoms with Crippen molar-refractivity contribution in [2.24, 2.45) is 5.92 Å². The zero-order chi connectivity index (χ0) is 30.7. The molecule has 4 bridgehead atoms. The molecule has 0 radical (unpaired) electrons. The fourth-order valence-corrected chi connectivity index (χ4v) is 5.76. The van der Waals surface area contributed by atoms with Crippen molar-refractivity contribution >= 4 is 23.6 Å². The third-order valence-electron chi connectivity index (χ3n) is 8.29. The summed E-state index contributed by atoms with van der Waals surface area (Å²) in [7, 11) is 0. The number of fused-ring (bicyclic) bond motifs is 5. The fraction of sp³-hybridized carbons (Fsp3) is 0.438. The van der Waals surface area contributed by atoms with E-state index in [-0.39, 0.29) is 49.7 Å². The molecule has 4 atom stereocenters. The average molecular weight is 586 g/mol. The van der Waals surface area contributed by atoms with Crippen LogP contribution in [0.5, 0.6) is 0 Å². The van der Waals surface area contributed by atoms with Gasteiger partial charge in [-0.2, -0.15) is 0 Å². The molecule has 5 rings (SSSR count). The molecule has 2 aromatic carbocycles. The zero-order valence-corrected chi connectivity index (χ0v) is 25.0. The minimum atomic E-state index is -0.906. The van der Waals surface area contributed by atoms with Gasteiger partial charge in [0.05, 0.1) is 25.2 Å². The van der Waals surface area contributed by atoms with Crippen molar-refractivity contribution in [3.63, 3.8) is 0 Å². The average Bonchev–Trinajstić information content (AvgIpc) is 3.64. The van der Waals surface area contributed by atoms with E-state index in [0.29, 0.717) is 12.1 Å². The van der Waals surface area contributed by atoms with Gasteiger partial charge in [-0.3, -0.25) is 19.2 Å². The zero-order valence-electron chi connectivity index (χ0n) is 25.0. The standard InChI is InChI=1S/C32H39N7O4/c1-19(2)29-32(43)34-26(13-22-8-6-5-7-9-22)30(41)33-16-24-17-39(37-36-24)25-15-27(31(42)35-29)38(18-25)28(40)14-23-12-20(3)10-11-21(23)4/h5-12,17,19,25-27,29H,13-16,18H2,1-4H3,(H,33,41)(H,34,43)(H,35,42)/t25-,26+,27-,29-/m0/s1. The van der Waals surface area contributed by atoms with Crippen molar-refractivity contribution in [1.82, 2.24) is 35.8 Å². The van der Waals surface area contributed by atoms with Gasteiger partial charge < -0.3 is 20.9 Å². The topological polar surface area (TPSA) is 138 Å². The van der Waals surface area contributed by atoms with Crippen LogP contribution in [0.2, 0.25) is 0 Å². The van der Waals surface area contributed by atoms with E-state index in [4.69, 9.17) is 0 Å². The smallest absolute Gasteiger partial charge is 0.243 e. The van der Waals surface area contributed by atoms with E-state index >= 15 is 0 Å². The highest BCUT2D eigenvalue weighted by Crippen LogP contribution is 2.29. The molecule has 11 heteroatoms. The van der Waals surface area contributed by atoms with Crippen molar-refractivity contribution < 1.29 is 19.2 Å². The summed E-state index contributed by atoms with van der Waals surface area (Å²) in [5, 5.41) is 17.2. The molecule has 1 fully saturated rings. The number of amides is 4.